The standard InChI is InChI=1S/C17H20N4OS/c22-17(19-14-10-21-8-6-12(14)7-9-21)20-16-15(23-11-18-16)13-4-2-1-3-5-13/h1-5,11-12,14H,6-10H2,(H2,19,20,22). The molecule has 120 valence electrons. The van der Waals surface area contributed by atoms with Crippen LogP contribution in [-0.4, -0.2) is 41.6 Å². The highest BCUT2D eigenvalue weighted by Crippen LogP contribution is 2.31. The maximum absolute atomic E-state index is 12.4. The molecule has 4 heterocycles. The van der Waals surface area contributed by atoms with Crippen molar-refractivity contribution in [3.8, 4) is 10.4 Å². The Balaban J connectivity index is 1.43. The minimum Gasteiger partial charge on any atom is -0.334 e. The quantitative estimate of drug-likeness (QED) is 0.910. The number of hydrogen-bond donors (Lipinski definition) is 2. The zero-order valence-electron chi connectivity index (χ0n) is 12.9. The summed E-state index contributed by atoms with van der Waals surface area (Å²) in [5.41, 5.74) is 2.85. The van der Waals surface area contributed by atoms with Crippen molar-refractivity contribution in [3.05, 3.63) is 35.8 Å². The molecule has 2 N–H and O–H groups in total. The molecule has 0 radical (unpaired) electrons. The van der Waals surface area contributed by atoms with Crippen molar-refractivity contribution in [1.29, 1.82) is 0 Å². The number of rotatable bonds is 3. The molecule has 0 aliphatic carbocycles. The minimum absolute atomic E-state index is 0.146. The van der Waals surface area contributed by atoms with Gasteiger partial charge in [-0.25, -0.2) is 9.78 Å². The summed E-state index contributed by atoms with van der Waals surface area (Å²) in [5, 5.41) is 6.07. The minimum atomic E-state index is -0.146. The molecule has 3 aliphatic heterocycles. The van der Waals surface area contributed by atoms with Gasteiger partial charge >= 0.3 is 6.03 Å². The molecule has 0 spiro atoms. The van der Waals surface area contributed by atoms with Crippen LogP contribution >= 0.6 is 11.3 Å². The van der Waals surface area contributed by atoms with Gasteiger partial charge in [0, 0.05) is 12.6 Å². The number of thiazole rings is 1. The second-order valence-corrected chi connectivity index (χ2v) is 7.09. The van der Waals surface area contributed by atoms with Gasteiger partial charge in [0.25, 0.3) is 0 Å². The highest BCUT2D eigenvalue weighted by Gasteiger charge is 2.34. The fourth-order valence-electron chi connectivity index (χ4n) is 3.57. The summed E-state index contributed by atoms with van der Waals surface area (Å²) >= 11 is 1.54. The normalized spacial score (nSPS) is 26.0. The molecule has 3 fully saturated rings. The predicted octanol–water partition coefficient (Wildman–Crippen LogP) is 3.03. The second-order valence-electron chi connectivity index (χ2n) is 6.24. The van der Waals surface area contributed by atoms with E-state index in [2.05, 4.69) is 20.5 Å². The van der Waals surface area contributed by atoms with Gasteiger partial charge < -0.3 is 10.2 Å². The molecule has 6 heteroatoms. The fraction of sp³-hybridized carbons (Fsp3) is 0.412. The van der Waals surface area contributed by atoms with E-state index in [0.29, 0.717) is 11.7 Å². The lowest BCUT2D eigenvalue weighted by Crippen LogP contribution is -2.57. The second kappa shape index (κ2) is 6.29. The van der Waals surface area contributed by atoms with E-state index in [9.17, 15) is 4.79 Å². The molecule has 3 saturated heterocycles. The summed E-state index contributed by atoms with van der Waals surface area (Å²) in [4.78, 5) is 20.1. The highest BCUT2D eigenvalue weighted by atomic mass is 32.1. The van der Waals surface area contributed by atoms with Crippen LogP contribution in [0, 0.1) is 5.92 Å². The van der Waals surface area contributed by atoms with E-state index in [1.165, 1.54) is 25.9 Å². The third-order valence-corrected chi connectivity index (χ3v) is 5.68. The Labute approximate surface area is 139 Å². The number of carbonyl (C=O) groups is 1. The first-order valence-electron chi connectivity index (χ1n) is 8.08. The lowest BCUT2D eigenvalue weighted by Gasteiger charge is -2.44. The van der Waals surface area contributed by atoms with E-state index in [-0.39, 0.29) is 12.1 Å². The SMILES string of the molecule is O=C(Nc1ncsc1-c1ccccc1)NC1CN2CCC1CC2. The van der Waals surface area contributed by atoms with Gasteiger partial charge in [-0.1, -0.05) is 30.3 Å². The van der Waals surface area contributed by atoms with E-state index in [0.717, 1.165) is 17.0 Å². The van der Waals surface area contributed by atoms with Crippen LogP contribution < -0.4 is 10.6 Å². The number of hydrogen-bond acceptors (Lipinski definition) is 4. The van der Waals surface area contributed by atoms with Crippen LogP contribution in [0.25, 0.3) is 10.4 Å². The zero-order chi connectivity index (χ0) is 15.6. The number of fused-ring (bicyclic) bond motifs is 3. The van der Waals surface area contributed by atoms with E-state index in [4.69, 9.17) is 0 Å². The Morgan fingerprint density at radius 1 is 1.22 bits per heavy atom. The molecule has 3 aliphatic rings. The lowest BCUT2D eigenvalue weighted by atomic mass is 9.84. The average Bonchev–Trinajstić information content (AvgIpc) is 3.04. The predicted molar refractivity (Wildman–Crippen MR) is 92.7 cm³/mol. The molecule has 2 amide bonds. The van der Waals surface area contributed by atoms with Gasteiger partial charge in [-0.2, -0.15) is 0 Å². The maximum atomic E-state index is 12.4. The average molecular weight is 328 g/mol. The van der Waals surface area contributed by atoms with Gasteiger partial charge in [-0.3, -0.25) is 5.32 Å². The van der Waals surface area contributed by atoms with Crippen molar-refractivity contribution in [2.24, 2.45) is 5.92 Å². The molecule has 5 rings (SSSR count). The van der Waals surface area contributed by atoms with E-state index < -0.39 is 0 Å². The molecule has 2 aromatic rings. The number of nitrogens with zero attached hydrogens (tertiary/aromatic N) is 2. The van der Waals surface area contributed by atoms with Gasteiger partial charge in [-0.05, 0) is 37.4 Å². The summed E-state index contributed by atoms with van der Waals surface area (Å²) in [6, 6.07) is 10.1. The number of piperidine rings is 3. The third kappa shape index (κ3) is 3.09. The van der Waals surface area contributed by atoms with Gasteiger partial charge in [0.2, 0.25) is 0 Å². The molecule has 1 aromatic carbocycles. The summed E-state index contributed by atoms with van der Waals surface area (Å²) in [6.07, 6.45) is 2.38. The summed E-state index contributed by atoms with van der Waals surface area (Å²) in [5.74, 6) is 1.26. The summed E-state index contributed by atoms with van der Waals surface area (Å²) < 4.78 is 0. The fourth-order valence-corrected chi connectivity index (χ4v) is 4.32. The number of urea groups is 1. The van der Waals surface area contributed by atoms with E-state index in [1.54, 1.807) is 16.8 Å². The maximum Gasteiger partial charge on any atom is 0.320 e. The van der Waals surface area contributed by atoms with E-state index in [1.807, 2.05) is 30.3 Å². The molecular formula is C17H20N4OS. The molecule has 1 unspecified atom stereocenters. The van der Waals surface area contributed by atoms with Gasteiger partial charge in [0.05, 0.1) is 10.4 Å². The van der Waals surface area contributed by atoms with Gasteiger partial charge in [0.1, 0.15) is 0 Å². The Kier molecular flexibility index (Phi) is 4.01. The van der Waals surface area contributed by atoms with Gasteiger partial charge in [-0.15, -0.1) is 11.3 Å². The van der Waals surface area contributed by atoms with Crippen LogP contribution in [0.3, 0.4) is 0 Å². The molecule has 1 atom stereocenters. The number of benzene rings is 1. The van der Waals surface area contributed by atoms with Gasteiger partial charge in [0.15, 0.2) is 5.82 Å². The Hall–Kier alpha value is -1.92. The molecule has 0 saturated carbocycles. The van der Waals surface area contributed by atoms with Crippen LogP contribution in [0.5, 0.6) is 0 Å². The number of carbonyl (C=O) groups excluding carboxylic acids is 1. The van der Waals surface area contributed by atoms with Crippen LogP contribution in [0.2, 0.25) is 0 Å². The van der Waals surface area contributed by atoms with Crippen LogP contribution in [0.15, 0.2) is 35.8 Å². The molecular weight excluding hydrogens is 308 g/mol. The number of anilines is 1. The first kappa shape index (κ1) is 14.7. The summed E-state index contributed by atoms with van der Waals surface area (Å²) in [6.45, 7) is 3.32. The van der Waals surface area contributed by atoms with Crippen molar-refractivity contribution in [3.63, 3.8) is 0 Å². The highest BCUT2D eigenvalue weighted by molar-refractivity contribution is 7.13. The molecule has 2 bridgehead atoms. The summed E-state index contributed by atoms with van der Waals surface area (Å²) in [7, 11) is 0. The largest absolute Gasteiger partial charge is 0.334 e. The first-order chi connectivity index (χ1) is 11.3. The van der Waals surface area contributed by atoms with E-state index >= 15 is 0 Å². The molecule has 1 aromatic heterocycles. The van der Waals surface area contributed by atoms with Crippen molar-refractivity contribution in [2.75, 3.05) is 25.0 Å². The zero-order valence-corrected chi connectivity index (χ0v) is 13.7. The number of amides is 2. The van der Waals surface area contributed by atoms with Crippen LogP contribution in [0.1, 0.15) is 12.8 Å². The smallest absolute Gasteiger partial charge is 0.320 e. The van der Waals surface area contributed by atoms with Crippen molar-refractivity contribution in [1.82, 2.24) is 15.2 Å². The van der Waals surface area contributed by atoms with Crippen molar-refractivity contribution >= 4 is 23.2 Å². The Morgan fingerprint density at radius 2 is 2.00 bits per heavy atom. The van der Waals surface area contributed by atoms with Crippen LogP contribution in [0.4, 0.5) is 10.6 Å². The van der Waals surface area contributed by atoms with Crippen molar-refractivity contribution in [2.45, 2.75) is 18.9 Å². The molecule has 23 heavy (non-hydrogen) atoms. The van der Waals surface area contributed by atoms with Crippen molar-refractivity contribution < 1.29 is 4.79 Å². The number of nitrogens with one attached hydrogen (secondary N) is 2. The number of aromatic nitrogens is 1. The third-order valence-electron chi connectivity index (χ3n) is 4.81. The topological polar surface area (TPSA) is 57.3 Å². The monoisotopic (exact) mass is 328 g/mol. The molecule has 5 nitrogen and oxygen atoms in total. The Bertz CT molecular complexity index is 679. The van der Waals surface area contributed by atoms with Crippen LogP contribution in [-0.2, 0) is 0 Å². The Morgan fingerprint density at radius 3 is 2.70 bits per heavy atom. The first-order valence-corrected chi connectivity index (χ1v) is 8.96. The lowest BCUT2D eigenvalue weighted by molar-refractivity contribution is 0.0776.